The first-order valence-electron chi connectivity index (χ1n) is 8.17. The standard InChI is InChI=1S/C19H16N2O5/c1-12-17(25-15-10-6-5-9-14(15)24-12)19(22)23-11-16-20-21-18(26-16)13-7-3-2-4-8-13/h2-10,12,17H,11H2,1H3/t12-,17+/m0/s1. The summed E-state index contributed by atoms with van der Waals surface area (Å²) in [5.41, 5.74) is 0.798. The van der Waals surface area contributed by atoms with Gasteiger partial charge in [-0.05, 0) is 31.2 Å². The molecule has 1 aliphatic rings. The van der Waals surface area contributed by atoms with E-state index in [1.165, 1.54) is 0 Å². The van der Waals surface area contributed by atoms with E-state index in [1.807, 2.05) is 42.5 Å². The molecule has 1 aliphatic heterocycles. The molecule has 0 saturated carbocycles. The Balaban J connectivity index is 1.39. The lowest BCUT2D eigenvalue weighted by molar-refractivity contribution is -0.159. The first-order valence-corrected chi connectivity index (χ1v) is 8.17. The lowest BCUT2D eigenvalue weighted by atomic mass is 10.2. The monoisotopic (exact) mass is 352 g/mol. The molecule has 26 heavy (non-hydrogen) atoms. The maximum atomic E-state index is 12.4. The van der Waals surface area contributed by atoms with E-state index in [0.29, 0.717) is 17.4 Å². The van der Waals surface area contributed by atoms with Gasteiger partial charge in [0, 0.05) is 5.56 Å². The third-order valence-electron chi connectivity index (χ3n) is 3.90. The van der Waals surface area contributed by atoms with Crippen LogP contribution in [0.4, 0.5) is 0 Å². The van der Waals surface area contributed by atoms with Gasteiger partial charge in [-0.1, -0.05) is 30.3 Å². The first-order chi connectivity index (χ1) is 12.7. The van der Waals surface area contributed by atoms with Gasteiger partial charge in [-0.2, -0.15) is 0 Å². The summed E-state index contributed by atoms with van der Waals surface area (Å²) in [6.45, 7) is 1.62. The number of para-hydroxylation sites is 2. The molecule has 0 N–H and O–H groups in total. The van der Waals surface area contributed by atoms with Crippen molar-refractivity contribution in [3.8, 4) is 23.0 Å². The molecular weight excluding hydrogens is 336 g/mol. The predicted molar refractivity (Wildman–Crippen MR) is 90.5 cm³/mol. The molecule has 2 atom stereocenters. The minimum Gasteiger partial charge on any atom is -0.482 e. The third-order valence-corrected chi connectivity index (χ3v) is 3.90. The molecule has 1 aromatic heterocycles. The Kier molecular flexibility index (Phi) is 4.27. The molecule has 0 bridgehead atoms. The minimum atomic E-state index is -0.860. The van der Waals surface area contributed by atoms with Crippen molar-refractivity contribution in [2.24, 2.45) is 0 Å². The second-order valence-electron chi connectivity index (χ2n) is 5.78. The average Bonchev–Trinajstić information content (AvgIpc) is 3.15. The third kappa shape index (κ3) is 3.23. The number of hydrogen-bond acceptors (Lipinski definition) is 7. The summed E-state index contributed by atoms with van der Waals surface area (Å²) in [4.78, 5) is 12.4. The second-order valence-corrected chi connectivity index (χ2v) is 5.78. The fraction of sp³-hybridized carbons (Fsp3) is 0.211. The number of rotatable bonds is 4. The molecule has 0 unspecified atom stereocenters. The van der Waals surface area contributed by atoms with Gasteiger partial charge in [0.2, 0.25) is 12.0 Å². The van der Waals surface area contributed by atoms with Crippen molar-refractivity contribution in [2.75, 3.05) is 0 Å². The zero-order valence-corrected chi connectivity index (χ0v) is 14.0. The lowest BCUT2D eigenvalue weighted by Gasteiger charge is -2.30. The van der Waals surface area contributed by atoms with Gasteiger partial charge in [0.05, 0.1) is 0 Å². The maximum absolute atomic E-state index is 12.4. The smallest absolute Gasteiger partial charge is 0.351 e. The van der Waals surface area contributed by atoms with E-state index in [1.54, 1.807) is 19.1 Å². The van der Waals surface area contributed by atoms with E-state index in [-0.39, 0.29) is 12.5 Å². The molecule has 0 aliphatic carbocycles. The molecule has 7 nitrogen and oxygen atoms in total. The van der Waals surface area contributed by atoms with Crippen LogP contribution >= 0.6 is 0 Å². The van der Waals surface area contributed by atoms with Crippen LogP contribution in [-0.4, -0.2) is 28.4 Å². The summed E-state index contributed by atoms with van der Waals surface area (Å²) in [5, 5.41) is 7.86. The molecule has 7 heteroatoms. The highest BCUT2D eigenvalue weighted by atomic mass is 16.6. The van der Waals surface area contributed by atoms with Gasteiger partial charge >= 0.3 is 5.97 Å². The highest BCUT2D eigenvalue weighted by Crippen LogP contribution is 2.33. The number of carbonyl (C=O) groups excluding carboxylic acids is 1. The van der Waals surface area contributed by atoms with Crippen LogP contribution < -0.4 is 9.47 Å². The van der Waals surface area contributed by atoms with Crippen molar-refractivity contribution in [2.45, 2.75) is 25.7 Å². The van der Waals surface area contributed by atoms with Crippen molar-refractivity contribution < 1.29 is 23.4 Å². The number of ether oxygens (including phenoxy) is 3. The van der Waals surface area contributed by atoms with Gasteiger partial charge in [-0.25, -0.2) is 4.79 Å². The van der Waals surface area contributed by atoms with Crippen molar-refractivity contribution in [3.63, 3.8) is 0 Å². The zero-order chi connectivity index (χ0) is 17.9. The molecule has 0 saturated heterocycles. The summed E-state index contributed by atoms with van der Waals surface area (Å²) in [6, 6.07) is 16.5. The minimum absolute atomic E-state index is 0.132. The molecule has 0 fully saturated rings. The summed E-state index contributed by atoms with van der Waals surface area (Å²) >= 11 is 0. The van der Waals surface area contributed by atoms with Crippen LogP contribution in [0.25, 0.3) is 11.5 Å². The maximum Gasteiger partial charge on any atom is 0.351 e. The van der Waals surface area contributed by atoms with Crippen LogP contribution in [-0.2, 0) is 16.1 Å². The molecule has 4 rings (SSSR count). The number of carbonyl (C=O) groups is 1. The second kappa shape index (κ2) is 6.87. The van der Waals surface area contributed by atoms with Crippen LogP contribution in [0.3, 0.4) is 0 Å². The fourth-order valence-electron chi connectivity index (χ4n) is 2.60. The number of hydrogen-bond donors (Lipinski definition) is 0. The number of aromatic nitrogens is 2. The van der Waals surface area contributed by atoms with Crippen molar-refractivity contribution >= 4 is 5.97 Å². The molecule has 0 radical (unpaired) electrons. The van der Waals surface area contributed by atoms with Gasteiger partial charge in [-0.15, -0.1) is 10.2 Å². The molecule has 0 amide bonds. The molecule has 132 valence electrons. The Morgan fingerprint density at radius 3 is 2.46 bits per heavy atom. The fourth-order valence-corrected chi connectivity index (χ4v) is 2.60. The van der Waals surface area contributed by atoms with Gasteiger partial charge in [0.15, 0.2) is 18.1 Å². The number of esters is 1. The highest BCUT2D eigenvalue weighted by Gasteiger charge is 2.35. The first kappa shape index (κ1) is 16.1. The van der Waals surface area contributed by atoms with E-state index in [9.17, 15) is 4.79 Å². The Bertz CT molecular complexity index is 909. The van der Waals surface area contributed by atoms with Crippen LogP contribution in [0.5, 0.6) is 11.5 Å². The van der Waals surface area contributed by atoms with Crippen molar-refractivity contribution in [1.82, 2.24) is 10.2 Å². The number of fused-ring (bicyclic) bond motifs is 1. The summed E-state index contributed by atoms with van der Waals surface area (Å²) in [5.74, 6) is 1.15. The van der Waals surface area contributed by atoms with Crippen LogP contribution in [0.15, 0.2) is 59.0 Å². The Morgan fingerprint density at radius 1 is 1.00 bits per heavy atom. The van der Waals surface area contributed by atoms with Crippen molar-refractivity contribution in [1.29, 1.82) is 0 Å². The topological polar surface area (TPSA) is 83.7 Å². The van der Waals surface area contributed by atoms with Crippen LogP contribution in [0.1, 0.15) is 12.8 Å². The SMILES string of the molecule is C[C@@H]1Oc2ccccc2O[C@H]1C(=O)OCc1nnc(-c2ccccc2)o1. The summed E-state index contributed by atoms with van der Waals surface area (Å²) < 4.78 is 22.2. The largest absolute Gasteiger partial charge is 0.482 e. The van der Waals surface area contributed by atoms with E-state index >= 15 is 0 Å². The average molecular weight is 352 g/mol. The molecular formula is C19H16N2O5. The highest BCUT2D eigenvalue weighted by molar-refractivity contribution is 5.76. The van der Waals surface area contributed by atoms with Gasteiger partial charge < -0.3 is 18.6 Å². The van der Waals surface area contributed by atoms with Crippen LogP contribution in [0, 0.1) is 0 Å². The Labute approximate surface area is 149 Å². The number of benzene rings is 2. The summed E-state index contributed by atoms with van der Waals surface area (Å²) in [6.07, 6.45) is -1.33. The lowest BCUT2D eigenvalue weighted by Crippen LogP contribution is -2.44. The molecule has 0 spiro atoms. The van der Waals surface area contributed by atoms with E-state index in [2.05, 4.69) is 10.2 Å². The van der Waals surface area contributed by atoms with E-state index < -0.39 is 18.2 Å². The summed E-state index contributed by atoms with van der Waals surface area (Å²) in [7, 11) is 0. The van der Waals surface area contributed by atoms with Gasteiger partial charge in [0.25, 0.3) is 5.89 Å². The normalized spacial score (nSPS) is 18.3. The predicted octanol–water partition coefficient (Wildman–Crippen LogP) is 3.01. The molecule has 2 heterocycles. The van der Waals surface area contributed by atoms with Crippen LogP contribution in [0.2, 0.25) is 0 Å². The van der Waals surface area contributed by atoms with Gasteiger partial charge in [-0.3, -0.25) is 0 Å². The Hall–Kier alpha value is -3.35. The van der Waals surface area contributed by atoms with Crippen molar-refractivity contribution in [3.05, 3.63) is 60.5 Å². The van der Waals surface area contributed by atoms with E-state index in [4.69, 9.17) is 18.6 Å². The zero-order valence-electron chi connectivity index (χ0n) is 14.0. The molecule has 2 aromatic carbocycles. The number of nitrogens with zero attached hydrogens (tertiary/aromatic N) is 2. The quantitative estimate of drug-likeness (QED) is 0.667. The van der Waals surface area contributed by atoms with E-state index in [0.717, 1.165) is 5.56 Å². The van der Waals surface area contributed by atoms with Gasteiger partial charge in [0.1, 0.15) is 6.10 Å². The Morgan fingerprint density at radius 2 is 1.69 bits per heavy atom. The molecule has 3 aromatic rings.